The van der Waals surface area contributed by atoms with Crippen molar-refractivity contribution in [2.75, 3.05) is 33.4 Å². The van der Waals surface area contributed by atoms with Gasteiger partial charge < -0.3 is 19.5 Å². The fraction of sp³-hybridized carbons (Fsp3) is 0.600. The number of benzene rings is 1. The molecule has 2 rings (SSSR count). The summed E-state index contributed by atoms with van der Waals surface area (Å²) in [4.78, 5) is 2.23. The summed E-state index contributed by atoms with van der Waals surface area (Å²) in [7, 11) is 2.08. The summed E-state index contributed by atoms with van der Waals surface area (Å²) in [6.45, 7) is 5.37. The Morgan fingerprint density at radius 1 is 1.26 bits per heavy atom. The molecule has 1 N–H and O–H groups in total. The third kappa shape index (κ3) is 3.85. The normalized spacial score (nSPS) is 15.6. The highest BCUT2D eigenvalue weighted by Crippen LogP contribution is 2.31. The minimum absolute atomic E-state index is 0.252. The fourth-order valence-corrected chi connectivity index (χ4v) is 2.32. The average Bonchev–Trinajstić information content (AvgIpc) is 2.44. The van der Waals surface area contributed by atoms with E-state index < -0.39 is 0 Å². The number of aliphatic hydroxyl groups is 1. The molecule has 19 heavy (non-hydrogen) atoms. The maximum atomic E-state index is 9.24. The molecule has 0 saturated heterocycles. The second-order valence-corrected chi connectivity index (χ2v) is 5.13. The van der Waals surface area contributed by atoms with Crippen LogP contribution in [0.5, 0.6) is 11.5 Å². The van der Waals surface area contributed by atoms with Crippen molar-refractivity contribution in [2.24, 2.45) is 5.92 Å². The predicted molar refractivity (Wildman–Crippen MR) is 74.6 cm³/mol. The van der Waals surface area contributed by atoms with Gasteiger partial charge in [0.05, 0.1) is 0 Å². The Hall–Kier alpha value is -1.26. The van der Waals surface area contributed by atoms with Crippen LogP contribution in [0.15, 0.2) is 18.2 Å². The van der Waals surface area contributed by atoms with Crippen molar-refractivity contribution in [2.45, 2.75) is 19.9 Å². The van der Waals surface area contributed by atoms with E-state index in [1.807, 2.05) is 12.1 Å². The number of fused-ring (bicyclic) bond motifs is 1. The first-order valence-electron chi connectivity index (χ1n) is 6.90. The Kier molecular flexibility index (Phi) is 5.05. The van der Waals surface area contributed by atoms with Gasteiger partial charge >= 0.3 is 0 Å². The van der Waals surface area contributed by atoms with E-state index in [0.717, 1.165) is 31.0 Å². The smallest absolute Gasteiger partial charge is 0.161 e. The monoisotopic (exact) mass is 265 g/mol. The summed E-state index contributed by atoms with van der Waals surface area (Å²) in [6, 6.07) is 6.09. The van der Waals surface area contributed by atoms with Crippen LogP contribution < -0.4 is 9.47 Å². The zero-order valence-corrected chi connectivity index (χ0v) is 11.8. The van der Waals surface area contributed by atoms with Crippen molar-refractivity contribution in [3.05, 3.63) is 23.8 Å². The fourth-order valence-electron chi connectivity index (χ4n) is 2.32. The summed E-state index contributed by atoms with van der Waals surface area (Å²) in [5.74, 6) is 2.02. The number of hydrogen-bond acceptors (Lipinski definition) is 4. The van der Waals surface area contributed by atoms with Crippen molar-refractivity contribution in [3.63, 3.8) is 0 Å². The van der Waals surface area contributed by atoms with Gasteiger partial charge in [-0.05, 0) is 37.1 Å². The number of rotatable bonds is 6. The molecule has 0 amide bonds. The molecular formula is C15H23NO3. The van der Waals surface area contributed by atoms with Gasteiger partial charge in [-0.15, -0.1) is 0 Å². The third-order valence-electron chi connectivity index (χ3n) is 3.46. The van der Waals surface area contributed by atoms with Gasteiger partial charge in [0.1, 0.15) is 13.2 Å². The Balaban J connectivity index is 1.95. The molecule has 1 atom stereocenters. The van der Waals surface area contributed by atoms with Gasteiger partial charge in [0.2, 0.25) is 0 Å². The number of ether oxygens (including phenoxy) is 2. The van der Waals surface area contributed by atoms with E-state index in [0.29, 0.717) is 19.1 Å². The molecule has 106 valence electrons. The topological polar surface area (TPSA) is 41.9 Å². The third-order valence-corrected chi connectivity index (χ3v) is 3.46. The summed E-state index contributed by atoms with van der Waals surface area (Å²) >= 11 is 0. The lowest BCUT2D eigenvalue weighted by atomic mass is 10.1. The lowest BCUT2D eigenvalue weighted by molar-refractivity contribution is 0.168. The molecule has 0 bridgehead atoms. The molecule has 0 spiro atoms. The van der Waals surface area contributed by atoms with Gasteiger partial charge in [-0.2, -0.15) is 0 Å². The highest BCUT2D eigenvalue weighted by atomic mass is 16.6. The molecular weight excluding hydrogens is 242 g/mol. The Labute approximate surface area is 114 Å². The molecule has 0 aromatic heterocycles. The van der Waals surface area contributed by atoms with Crippen molar-refractivity contribution in [1.29, 1.82) is 0 Å². The van der Waals surface area contributed by atoms with Crippen LogP contribution in [0.2, 0.25) is 0 Å². The molecule has 1 unspecified atom stereocenters. The summed E-state index contributed by atoms with van der Waals surface area (Å²) < 4.78 is 11.1. The SMILES string of the molecule is CCC(CO)CN(C)Cc1ccc2c(c1)OCCO2. The first kappa shape index (κ1) is 14.2. The van der Waals surface area contributed by atoms with E-state index in [-0.39, 0.29) is 6.61 Å². The van der Waals surface area contributed by atoms with E-state index in [4.69, 9.17) is 9.47 Å². The molecule has 4 nitrogen and oxygen atoms in total. The lowest BCUT2D eigenvalue weighted by Crippen LogP contribution is -2.27. The van der Waals surface area contributed by atoms with Gasteiger partial charge in [-0.3, -0.25) is 0 Å². The maximum absolute atomic E-state index is 9.24. The van der Waals surface area contributed by atoms with E-state index in [2.05, 4.69) is 24.9 Å². The zero-order valence-electron chi connectivity index (χ0n) is 11.8. The maximum Gasteiger partial charge on any atom is 0.161 e. The standard InChI is InChI=1S/C15H23NO3/c1-3-12(11-17)9-16(2)10-13-4-5-14-15(8-13)19-7-6-18-14/h4-5,8,12,17H,3,6-7,9-11H2,1-2H3. The van der Waals surface area contributed by atoms with E-state index in [9.17, 15) is 5.11 Å². The average molecular weight is 265 g/mol. The molecule has 1 aliphatic heterocycles. The van der Waals surface area contributed by atoms with Gasteiger partial charge in [-0.25, -0.2) is 0 Å². The largest absolute Gasteiger partial charge is 0.486 e. The molecule has 0 aliphatic carbocycles. The molecule has 1 heterocycles. The number of hydrogen-bond donors (Lipinski definition) is 1. The highest BCUT2D eigenvalue weighted by molar-refractivity contribution is 5.43. The molecule has 1 aliphatic rings. The van der Waals surface area contributed by atoms with Gasteiger partial charge in [0, 0.05) is 19.7 Å². The minimum Gasteiger partial charge on any atom is -0.486 e. The van der Waals surface area contributed by atoms with Crippen molar-refractivity contribution in [3.8, 4) is 11.5 Å². The minimum atomic E-state index is 0.252. The van der Waals surface area contributed by atoms with E-state index in [1.54, 1.807) is 0 Å². The molecule has 0 saturated carbocycles. The Morgan fingerprint density at radius 3 is 2.68 bits per heavy atom. The van der Waals surface area contributed by atoms with E-state index >= 15 is 0 Å². The van der Waals surface area contributed by atoms with Crippen LogP contribution in [-0.4, -0.2) is 43.4 Å². The van der Waals surface area contributed by atoms with Gasteiger partial charge in [0.15, 0.2) is 11.5 Å². The lowest BCUT2D eigenvalue weighted by Gasteiger charge is -2.23. The molecule has 1 aromatic rings. The van der Waals surface area contributed by atoms with Gasteiger partial charge in [-0.1, -0.05) is 13.0 Å². The number of aliphatic hydroxyl groups excluding tert-OH is 1. The first-order valence-corrected chi connectivity index (χ1v) is 6.90. The molecule has 0 fully saturated rings. The van der Waals surface area contributed by atoms with Crippen LogP contribution in [0.4, 0.5) is 0 Å². The van der Waals surface area contributed by atoms with Crippen molar-refractivity contribution in [1.82, 2.24) is 4.90 Å². The van der Waals surface area contributed by atoms with Crippen LogP contribution in [-0.2, 0) is 6.54 Å². The van der Waals surface area contributed by atoms with Gasteiger partial charge in [0.25, 0.3) is 0 Å². The molecule has 0 radical (unpaired) electrons. The predicted octanol–water partition coefficient (Wildman–Crippen LogP) is 1.91. The molecule has 4 heteroatoms. The summed E-state index contributed by atoms with van der Waals surface area (Å²) in [6.07, 6.45) is 1.00. The van der Waals surface area contributed by atoms with Crippen LogP contribution in [0.3, 0.4) is 0 Å². The van der Waals surface area contributed by atoms with Crippen LogP contribution >= 0.6 is 0 Å². The van der Waals surface area contributed by atoms with Crippen LogP contribution in [0.25, 0.3) is 0 Å². The quantitative estimate of drug-likeness (QED) is 0.853. The Morgan fingerprint density at radius 2 is 2.00 bits per heavy atom. The highest BCUT2D eigenvalue weighted by Gasteiger charge is 2.13. The summed E-state index contributed by atoms with van der Waals surface area (Å²) in [5, 5.41) is 9.24. The first-order chi connectivity index (χ1) is 9.22. The van der Waals surface area contributed by atoms with E-state index in [1.165, 1.54) is 5.56 Å². The Bertz CT molecular complexity index is 404. The van der Waals surface area contributed by atoms with Crippen LogP contribution in [0.1, 0.15) is 18.9 Å². The second kappa shape index (κ2) is 6.78. The van der Waals surface area contributed by atoms with Crippen molar-refractivity contribution < 1.29 is 14.6 Å². The molecule has 1 aromatic carbocycles. The second-order valence-electron chi connectivity index (χ2n) is 5.13. The summed E-state index contributed by atoms with van der Waals surface area (Å²) in [5.41, 5.74) is 1.21. The van der Waals surface area contributed by atoms with Crippen molar-refractivity contribution >= 4 is 0 Å². The zero-order chi connectivity index (χ0) is 13.7. The van der Waals surface area contributed by atoms with Crippen LogP contribution in [0, 0.1) is 5.92 Å². The number of nitrogens with zero attached hydrogens (tertiary/aromatic N) is 1.